The van der Waals surface area contributed by atoms with Gasteiger partial charge in [-0.15, -0.1) is 0 Å². The lowest BCUT2D eigenvalue weighted by Gasteiger charge is -2.46. The van der Waals surface area contributed by atoms with E-state index in [1.165, 1.54) is 29.5 Å². The molecule has 6 rings (SSSR count). The molecule has 1 saturated carbocycles. The molecule has 1 aliphatic carbocycles. The summed E-state index contributed by atoms with van der Waals surface area (Å²) in [5.41, 5.74) is 12.1. The Bertz CT molecular complexity index is 1440. The minimum absolute atomic E-state index is 0.131. The highest BCUT2D eigenvalue weighted by atomic mass is 16.6. The maximum absolute atomic E-state index is 10.9. The molecule has 41 heavy (non-hydrogen) atoms. The number of nitrogens with zero attached hydrogens (tertiary/aromatic N) is 6. The topological polar surface area (TPSA) is 135 Å². The van der Waals surface area contributed by atoms with E-state index in [9.17, 15) is 10.2 Å². The third-order valence-corrected chi connectivity index (χ3v) is 9.20. The summed E-state index contributed by atoms with van der Waals surface area (Å²) in [5, 5.41) is 21.8. The van der Waals surface area contributed by atoms with E-state index in [0.717, 1.165) is 37.8 Å². The number of imidazole rings is 1. The van der Waals surface area contributed by atoms with Crippen molar-refractivity contribution < 1.29 is 14.9 Å². The lowest BCUT2D eigenvalue weighted by atomic mass is 9.75. The second-order valence-corrected chi connectivity index (χ2v) is 13.4. The minimum Gasteiger partial charge on any atom is -0.387 e. The number of nitrogens with two attached hydrogens (primary N) is 1. The molecule has 2 aliphatic heterocycles. The Kier molecular flexibility index (Phi) is 7.38. The summed E-state index contributed by atoms with van der Waals surface area (Å²) in [7, 11) is 0. The molecule has 0 unspecified atom stereocenters. The number of aromatic nitrogens is 4. The summed E-state index contributed by atoms with van der Waals surface area (Å²) in [4.78, 5) is 19.9. The van der Waals surface area contributed by atoms with Crippen LogP contribution in [-0.4, -0.2) is 77.3 Å². The number of aliphatic hydroxyl groups excluding tert-OH is 2. The van der Waals surface area contributed by atoms with Crippen molar-refractivity contribution in [3.63, 3.8) is 0 Å². The van der Waals surface area contributed by atoms with Crippen LogP contribution in [0.4, 0.5) is 11.5 Å². The van der Waals surface area contributed by atoms with Crippen LogP contribution < -0.4 is 5.73 Å². The van der Waals surface area contributed by atoms with Crippen LogP contribution in [0.15, 0.2) is 35.8 Å². The molecule has 0 spiro atoms. The molecule has 0 bridgehead atoms. The Labute approximate surface area is 241 Å². The fourth-order valence-corrected chi connectivity index (χ4v) is 6.59. The van der Waals surface area contributed by atoms with E-state index < -0.39 is 24.5 Å². The normalized spacial score (nSPS) is 28.0. The second-order valence-electron chi connectivity index (χ2n) is 13.4. The number of hydrogen-bond donors (Lipinski definition) is 3. The lowest BCUT2D eigenvalue weighted by Crippen LogP contribution is -2.52. The van der Waals surface area contributed by atoms with E-state index in [4.69, 9.17) is 15.5 Å². The number of hydrogen-bond acceptors (Lipinski definition) is 9. The standard InChI is InChI=1S/C31H43N7O3/c1-17(2)37(14-24-26(39)27(40)30(41-24)38-16-35-25-28(32)33-15-34-29(25)38)22-10-18(11-22)6-9-21-12-19-7-8-20(31(3,4)5)13-23(19)36-21/h7-8,13,15-18,22,24,26-27,30,39-40H,6,9-12,14H2,1-5H3,(H2,32,33,34)/t18-,22+,24-,26-,27-,30-/m1/s1. The minimum atomic E-state index is -1.10. The van der Waals surface area contributed by atoms with Crippen LogP contribution in [0.3, 0.4) is 0 Å². The summed E-state index contributed by atoms with van der Waals surface area (Å²) < 4.78 is 7.88. The van der Waals surface area contributed by atoms with Crippen molar-refractivity contribution in [2.24, 2.45) is 10.9 Å². The first-order valence-electron chi connectivity index (χ1n) is 14.9. The molecule has 3 aromatic rings. The van der Waals surface area contributed by atoms with Crippen LogP contribution in [0, 0.1) is 5.92 Å². The van der Waals surface area contributed by atoms with E-state index in [-0.39, 0.29) is 11.2 Å². The maximum Gasteiger partial charge on any atom is 0.167 e. The molecule has 4 heterocycles. The molecule has 220 valence electrons. The molecule has 4 atom stereocenters. The van der Waals surface area contributed by atoms with Crippen LogP contribution in [0.25, 0.3) is 11.2 Å². The lowest BCUT2D eigenvalue weighted by molar-refractivity contribution is -0.0619. The van der Waals surface area contributed by atoms with Gasteiger partial charge in [0.25, 0.3) is 0 Å². The van der Waals surface area contributed by atoms with E-state index in [1.54, 1.807) is 4.57 Å². The number of aliphatic hydroxyl groups is 2. The smallest absolute Gasteiger partial charge is 0.167 e. The van der Waals surface area contributed by atoms with Crippen molar-refractivity contribution in [2.75, 3.05) is 12.3 Å². The molecule has 1 aromatic carbocycles. The van der Waals surface area contributed by atoms with E-state index >= 15 is 0 Å². The number of anilines is 1. The van der Waals surface area contributed by atoms with E-state index in [2.05, 4.69) is 72.7 Å². The molecule has 0 amide bonds. The summed E-state index contributed by atoms with van der Waals surface area (Å²) in [6, 6.07) is 7.50. The SMILES string of the molecule is CC(C)N(C[C@H]1O[C@@H](n2cnc3c(N)ncnc32)[C@H](O)[C@@H]1O)[C@H]1C[C@@H](CCC2=Nc3cc(C(C)(C)C)ccc3C2)C1. The Hall–Kier alpha value is -2.92. The average molecular weight is 562 g/mol. The fourth-order valence-electron chi connectivity index (χ4n) is 6.59. The van der Waals surface area contributed by atoms with Gasteiger partial charge >= 0.3 is 0 Å². The van der Waals surface area contributed by atoms with Gasteiger partial charge in [-0.25, -0.2) is 15.0 Å². The monoisotopic (exact) mass is 561 g/mol. The first kappa shape index (κ1) is 28.2. The van der Waals surface area contributed by atoms with Gasteiger partial charge in [-0.2, -0.15) is 0 Å². The maximum atomic E-state index is 10.9. The van der Waals surface area contributed by atoms with Crippen LogP contribution >= 0.6 is 0 Å². The van der Waals surface area contributed by atoms with Gasteiger partial charge in [0.05, 0.1) is 12.0 Å². The van der Waals surface area contributed by atoms with Gasteiger partial charge in [-0.1, -0.05) is 32.9 Å². The Morgan fingerprint density at radius 1 is 1.12 bits per heavy atom. The first-order valence-corrected chi connectivity index (χ1v) is 14.9. The molecule has 2 fully saturated rings. The van der Waals surface area contributed by atoms with Gasteiger partial charge < -0.3 is 20.7 Å². The molecular formula is C31H43N7O3. The Morgan fingerprint density at radius 3 is 2.63 bits per heavy atom. The van der Waals surface area contributed by atoms with Crippen LogP contribution in [0.1, 0.15) is 77.7 Å². The Balaban J connectivity index is 1.04. The van der Waals surface area contributed by atoms with Crippen molar-refractivity contribution in [3.8, 4) is 0 Å². The summed E-state index contributed by atoms with van der Waals surface area (Å²) in [6.45, 7) is 11.6. The highest BCUT2D eigenvalue weighted by Crippen LogP contribution is 2.40. The van der Waals surface area contributed by atoms with E-state index in [1.807, 2.05) is 0 Å². The van der Waals surface area contributed by atoms with Crippen molar-refractivity contribution in [1.82, 2.24) is 24.4 Å². The molecule has 2 aromatic heterocycles. The van der Waals surface area contributed by atoms with Gasteiger partial charge in [0.2, 0.25) is 0 Å². The second kappa shape index (κ2) is 10.7. The van der Waals surface area contributed by atoms with Crippen molar-refractivity contribution >= 4 is 28.4 Å². The zero-order chi connectivity index (χ0) is 29.1. The first-order chi connectivity index (χ1) is 19.5. The third kappa shape index (κ3) is 5.38. The molecular weight excluding hydrogens is 518 g/mol. The van der Waals surface area contributed by atoms with Gasteiger partial charge in [0.1, 0.15) is 30.2 Å². The predicted molar refractivity (Wildman–Crippen MR) is 159 cm³/mol. The summed E-state index contributed by atoms with van der Waals surface area (Å²) in [5.74, 6) is 0.941. The van der Waals surface area contributed by atoms with E-state index in [0.29, 0.717) is 35.7 Å². The zero-order valence-electron chi connectivity index (χ0n) is 24.7. The quantitative estimate of drug-likeness (QED) is 0.377. The molecule has 4 N–H and O–H groups in total. The predicted octanol–water partition coefficient (Wildman–Crippen LogP) is 3.92. The highest BCUT2D eigenvalue weighted by molar-refractivity contribution is 5.94. The number of benzene rings is 1. The van der Waals surface area contributed by atoms with Crippen LogP contribution in [0.5, 0.6) is 0 Å². The van der Waals surface area contributed by atoms with Gasteiger partial charge in [0, 0.05) is 30.8 Å². The van der Waals surface area contributed by atoms with Crippen LogP contribution in [0.2, 0.25) is 0 Å². The van der Waals surface area contributed by atoms with Gasteiger partial charge in [-0.3, -0.25) is 14.5 Å². The van der Waals surface area contributed by atoms with Crippen molar-refractivity contribution in [2.45, 2.75) is 109 Å². The number of nitrogen functional groups attached to an aromatic ring is 1. The van der Waals surface area contributed by atoms with Gasteiger partial charge in [-0.05, 0) is 68.1 Å². The average Bonchev–Trinajstić information content (AvgIpc) is 3.58. The fraction of sp³-hybridized carbons (Fsp3) is 0.613. The zero-order valence-corrected chi connectivity index (χ0v) is 24.7. The third-order valence-electron chi connectivity index (χ3n) is 9.20. The summed E-state index contributed by atoms with van der Waals surface area (Å²) >= 11 is 0. The summed E-state index contributed by atoms with van der Waals surface area (Å²) in [6.07, 6.45) is 4.87. The van der Waals surface area contributed by atoms with Crippen LogP contribution in [-0.2, 0) is 16.6 Å². The number of ether oxygens (including phenoxy) is 1. The van der Waals surface area contributed by atoms with Crippen molar-refractivity contribution in [3.05, 3.63) is 42.0 Å². The molecule has 0 radical (unpaired) electrons. The Morgan fingerprint density at radius 2 is 1.90 bits per heavy atom. The van der Waals surface area contributed by atoms with Gasteiger partial charge in [0.15, 0.2) is 17.7 Å². The number of fused-ring (bicyclic) bond motifs is 2. The number of aliphatic imine (C=N–C) groups is 1. The molecule has 3 aliphatic rings. The van der Waals surface area contributed by atoms with Crippen molar-refractivity contribution in [1.29, 1.82) is 0 Å². The molecule has 1 saturated heterocycles. The molecule has 10 heteroatoms. The largest absolute Gasteiger partial charge is 0.387 e. The number of rotatable bonds is 8. The molecule has 10 nitrogen and oxygen atoms in total. The highest BCUT2D eigenvalue weighted by Gasteiger charge is 2.46.